The molecule has 4 heterocycles. The molecule has 0 saturated carbocycles. The number of aromatic nitrogens is 4. The van der Waals surface area contributed by atoms with E-state index in [2.05, 4.69) is 17.5 Å². The lowest BCUT2D eigenvalue weighted by Crippen LogP contribution is -2.54. The van der Waals surface area contributed by atoms with Crippen LogP contribution in [0.3, 0.4) is 0 Å². The maximum absolute atomic E-state index is 14.0. The van der Waals surface area contributed by atoms with Crippen molar-refractivity contribution in [3.8, 4) is 11.8 Å². The van der Waals surface area contributed by atoms with Crippen molar-refractivity contribution >= 4 is 136 Å². The molecule has 14 atom stereocenters. The zero-order chi connectivity index (χ0) is 90.8. The van der Waals surface area contributed by atoms with Crippen LogP contribution in [0, 0.1) is 0 Å². The van der Waals surface area contributed by atoms with Gasteiger partial charge in [-0.25, -0.2) is 47.9 Å². The van der Waals surface area contributed by atoms with Gasteiger partial charge in [0, 0.05) is 58.0 Å². The van der Waals surface area contributed by atoms with Gasteiger partial charge in [-0.2, -0.15) is 8.75 Å². The SMILES string of the molecule is C.CC(=O)OC(C)C(=O)OC(C)C(=O)OC(C)C(=O)OC(C)C(=O)O[C@H](COc1nsnc1N1CCOCC1)CN(C(=O)C(C)OC(=O)C(C)OC(=O)C(C)OC(=O)C(C)OC(C)=O)C(C)(C)C.CCOC(=O)CCC(=O)O[C@H](COc1nsnc1N1CCOCC1)CN(C(=O)C(C)OC(=O)C(C)OC(=O)C(C)OC(=O)C(C)OC(C)=O)C(C)(C)C. The van der Waals surface area contributed by atoms with Crippen LogP contribution in [0.2, 0.25) is 0 Å². The second kappa shape index (κ2) is 51.1. The minimum Gasteiger partial charge on any atom is -0.470 e. The third-order valence-corrected chi connectivity index (χ3v) is 17.3. The highest BCUT2D eigenvalue weighted by atomic mass is 32.1. The molecular weight excluding hydrogens is 1650 g/mol. The van der Waals surface area contributed by atoms with Gasteiger partial charge in [0.1, 0.15) is 13.2 Å². The molecule has 0 radical (unpaired) electrons. The van der Waals surface area contributed by atoms with E-state index in [1.54, 1.807) is 48.5 Å². The van der Waals surface area contributed by atoms with Crippen LogP contribution in [0.25, 0.3) is 0 Å². The summed E-state index contributed by atoms with van der Waals surface area (Å²) in [5, 5.41) is 0. The van der Waals surface area contributed by atoms with Gasteiger partial charge in [-0.15, -0.1) is 8.75 Å². The molecule has 0 bridgehead atoms. The molecule has 2 amide bonds. The van der Waals surface area contributed by atoms with E-state index < -0.39 is 211 Å². The Kier molecular flexibility index (Phi) is 44.9. The van der Waals surface area contributed by atoms with Crippen molar-refractivity contribution < 1.29 is 172 Å². The van der Waals surface area contributed by atoms with Crippen LogP contribution in [-0.2, 0) is 162 Å². The van der Waals surface area contributed by atoms with E-state index >= 15 is 0 Å². The molecule has 46 heteroatoms. The van der Waals surface area contributed by atoms with Gasteiger partial charge in [0.15, 0.2) is 85.5 Å². The van der Waals surface area contributed by atoms with Gasteiger partial charge in [0.05, 0.1) is 82.4 Å². The molecule has 0 aromatic carbocycles. The highest BCUT2D eigenvalue weighted by Gasteiger charge is 2.41. The van der Waals surface area contributed by atoms with Crippen molar-refractivity contribution in [2.75, 3.05) is 95.3 Å². The van der Waals surface area contributed by atoms with Crippen molar-refractivity contribution in [2.45, 2.75) is 269 Å². The quantitative estimate of drug-likeness (QED) is 0.0681. The van der Waals surface area contributed by atoms with E-state index in [4.69, 9.17) is 90.0 Å². The first kappa shape index (κ1) is 106. The molecule has 682 valence electrons. The Bertz CT molecular complexity index is 3830. The minimum absolute atomic E-state index is 0. The number of ether oxygens (including phenoxy) is 19. The highest BCUT2D eigenvalue weighted by Crippen LogP contribution is 2.30. The largest absolute Gasteiger partial charge is 0.470 e. The topological polar surface area (TPSA) is 530 Å². The average molecular weight is 1770 g/mol. The second-order valence-electron chi connectivity index (χ2n) is 28.8. The number of carbonyl (C=O) groups excluding carboxylic acids is 17. The molecule has 44 nitrogen and oxygen atoms in total. The van der Waals surface area contributed by atoms with Gasteiger partial charge in [-0.05, 0) is 132 Å². The summed E-state index contributed by atoms with van der Waals surface area (Å²) in [6.45, 7) is 32.3. The molecule has 12 unspecified atom stereocenters. The van der Waals surface area contributed by atoms with E-state index in [-0.39, 0.29) is 51.8 Å². The molecule has 0 aliphatic carbocycles. The Balaban J connectivity index is 0.000000835. The maximum Gasteiger partial charge on any atom is 0.347 e. The number of carbonyl (C=O) groups is 17. The van der Waals surface area contributed by atoms with Gasteiger partial charge in [0.25, 0.3) is 23.6 Å². The summed E-state index contributed by atoms with van der Waals surface area (Å²) >= 11 is 1.80. The second-order valence-corrected chi connectivity index (χ2v) is 29.8. The molecule has 4 rings (SSSR count). The highest BCUT2D eigenvalue weighted by molar-refractivity contribution is 6.99. The molecule has 2 fully saturated rings. The number of esters is 15. The summed E-state index contributed by atoms with van der Waals surface area (Å²) in [5.41, 5.74) is -1.96. The number of anilines is 2. The monoisotopic (exact) mass is 1770 g/mol. The lowest BCUT2D eigenvalue weighted by molar-refractivity contribution is -0.186. The predicted molar refractivity (Wildman–Crippen MR) is 416 cm³/mol. The van der Waals surface area contributed by atoms with Crippen LogP contribution in [-0.4, -0.2) is 311 Å². The molecule has 2 saturated heterocycles. The summed E-state index contributed by atoms with van der Waals surface area (Å²) in [6.07, 6.45) is -20.6. The van der Waals surface area contributed by atoms with E-state index in [0.717, 1.165) is 65.0 Å². The average Bonchev–Trinajstić information content (AvgIpc) is 1.55. The third-order valence-electron chi connectivity index (χ3n) is 16.3. The van der Waals surface area contributed by atoms with Gasteiger partial charge in [-0.3, -0.25) is 33.6 Å². The molecule has 2 aliphatic heterocycles. The van der Waals surface area contributed by atoms with Crippen molar-refractivity contribution in [3.63, 3.8) is 0 Å². The smallest absolute Gasteiger partial charge is 0.347 e. The Labute approximate surface area is 708 Å². The number of morpholine rings is 2. The van der Waals surface area contributed by atoms with Crippen LogP contribution >= 0.6 is 23.5 Å². The Morgan fingerprint density at radius 3 is 0.851 bits per heavy atom. The fraction of sp³-hybridized carbons (Fsp3) is 0.720. The first-order valence-electron chi connectivity index (χ1n) is 38.1. The lowest BCUT2D eigenvalue weighted by Gasteiger charge is -2.39. The van der Waals surface area contributed by atoms with Crippen LogP contribution in [0.1, 0.15) is 173 Å². The molecule has 2 aromatic rings. The summed E-state index contributed by atoms with van der Waals surface area (Å²) in [7, 11) is 0. The van der Waals surface area contributed by atoms with E-state index in [0.29, 0.717) is 64.2 Å². The van der Waals surface area contributed by atoms with E-state index in [9.17, 15) is 81.5 Å². The minimum atomic E-state index is -1.63. The third kappa shape index (κ3) is 37.4. The zero-order valence-electron chi connectivity index (χ0n) is 71.3. The summed E-state index contributed by atoms with van der Waals surface area (Å²) in [4.78, 5) is 219. The van der Waals surface area contributed by atoms with Crippen molar-refractivity contribution in [1.29, 1.82) is 0 Å². The maximum atomic E-state index is 14.0. The fourth-order valence-electron chi connectivity index (χ4n) is 10.00. The van der Waals surface area contributed by atoms with Gasteiger partial charge in [0.2, 0.25) is 11.6 Å². The van der Waals surface area contributed by atoms with Gasteiger partial charge in [-0.1, -0.05) is 7.43 Å². The zero-order valence-corrected chi connectivity index (χ0v) is 72.9. The summed E-state index contributed by atoms with van der Waals surface area (Å²) in [6, 6.07) is 0. The van der Waals surface area contributed by atoms with Crippen molar-refractivity contribution in [2.24, 2.45) is 0 Å². The molecular formula is C75H114N8O36S2. The van der Waals surface area contributed by atoms with Gasteiger partial charge < -0.3 is 110 Å². The summed E-state index contributed by atoms with van der Waals surface area (Å²) in [5.74, 6) is -14.9. The molecule has 0 N–H and O–H groups in total. The van der Waals surface area contributed by atoms with Crippen LogP contribution < -0.4 is 19.3 Å². The molecule has 0 spiro atoms. The number of amides is 2. The van der Waals surface area contributed by atoms with E-state index in [1.165, 1.54) is 72.1 Å². The van der Waals surface area contributed by atoms with Crippen molar-refractivity contribution in [3.05, 3.63) is 0 Å². The Hall–Kier alpha value is -10.8. The molecule has 2 aliphatic rings. The molecule has 121 heavy (non-hydrogen) atoms. The molecule has 2 aromatic heterocycles. The Morgan fingerprint density at radius 1 is 0.355 bits per heavy atom. The van der Waals surface area contributed by atoms with Crippen LogP contribution in [0.4, 0.5) is 11.6 Å². The Morgan fingerprint density at radius 2 is 0.595 bits per heavy atom. The number of hydrogen-bond donors (Lipinski definition) is 0. The predicted octanol–water partition coefficient (Wildman–Crippen LogP) is 2.80. The van der Waals surface area contributed by atoms with E-state index in [1.807, 2.05) is 9.80 Å². The fourth-order valence-corrected chi connectivity index (χ4v) is 11.0. The lowest BCUT2D eigenvalue weighted by atomic mass is 10.0. The number of rotatable bonds is 42. The number of hydrogen-bond acceptors (Lipinski definition) is 44. The number of nitrogens with zero attached hydrogens (tertiary/aromatic N) is 8. The van der Waals surface area contributed by atoms with Crippen LogP contribution in [0.15, 0.2) is 0 Å². The normalized spacial score (nSPS) is 16.1. The summed E-state index contributed by atoms with van der Waals surface area (Å²) < 4.78 is 116. The van der Waals surface area contributed by atoms with Crippen molar-refractivity contribution in [1.82, 2.24) is 27.3 Å². The first-order chi connectivity index (χ1) is 55.9. The standard InChI is InChI=1S/C41H60N4O21S.C33H50N4O15S.CH4/c1-20(60-36(51)23(4)63-37(52)24(5)61-34(49)21(2)58-28(9)46)33(48)45(41(11,12)13)18-30(19-57-32-31(42-67-43-32)44-14-16-56-17-15-44)66-40(55)27(8)65-39(54)26(7)64-38(53)25(6)62-35(50)22(3)59-29(10)47;1-10-46-25(39)11-12-26(40)52-24(18-47-28-27(34-53-35-28)36-13-15-45-16-14-36)17-37(33(7,8)9)29(41)19(2)49-31(43)21(4)51-32(44)22(5)50-30(42)20(3)48-23(6)38;/h20-27,30H,14-19H2,1-13H3;19-22,24H,10-18H2,1-9H3;1H4/t20?,21?,22?,23?,24?,25?,26?,27?,30-;19?,20?,21?,22?,24-;/m00./s1. The van der Waals surface area contributed by atoms with Gasteiger partial charge >= 0.3 is 89.5 Å². The first-order valence-corrected chi connectivity index (χ1v) is 39.5. The van der Waals surface area contributed by atoms with Crippen LogP contribution in [0.5, 0.6) is 11.8 Å².